The van der Waals surface area contributed by atoms with Crippen LogP contribution >= 0.6 is 0 Å². The molecule has 1 aliphatic heterocycles. The van der Waals surface area contributed by atoms with Crippen LogP contribution in [0.5, 0.6) is 0 Å². The van der Waals surface area contributed by atoms with Gasteiger partial charge in [0.05, 0.1) is 13.2 Å². The molecule has 0 spiro atoms. The quantitative estimate of drug-likeness (QED) is 0.857. The third-order valence-electron chi connectivity index (χ3n) is 2.71. The lowest BCUT2D eigenvalue weighted by molar-refractivity contribution is 0.0913. The number of nitrogens with zero attached hydrogens (tertiary/aromatic N) is 3. The van der Waals surface area contributed by atoms with Crippen molar-refractivity contribution in [2.45, 2.75) is 26.3 Å². The molecule has 1 aliphatic rings. The van der Waals surface area contributed by atoms with Crippen LogP contribution in [0, 0.1) is 0 Å². The third-order valence-corrected chi connectivity index (χ3v) is 2.71. The lowest BCUT2D eigenvalue weighted by Crippen LogP contribution is -2.41. The summed E-state index contributed by atoms with van der Waals surface area (Å²) in [6.07, 6.45) is 0. The average molecular weight is 264 g/mol. The van der Waals surface area contributed by atoms with Crippen LogP contribution in [-0.4, -0.2) is 47.9 Å². The number of amides is 1. The zero-order chi connectivity index (χ0) is 13.9. The van der Waals surface area contributed by atoms with Gasteiger partial charge in [0, 0.05) is 18.6 Å². The van der Waals surface area contributed by atoms with Crippen molar-refractivity contribution in [2.24, 2.45) is 0 Å². The first-order valence-electron chi connectivity index (χ1n) is 6.45. The van der Waals surface area contributed by atoms with Crippen molar-refractivity contribution >= 4 is 11.7 Å². The molecule has 0 radical (unpaired) electrons. The van der Waals surface area contributed by atoms with Gasteiger partial charge in [-0.25, -0.2) is 0 Å². The van der Waals surface area contributed by atoms with Crippen molar-refractivity contribution in [2.75, 3.05) is 31.2 Å². The number of carbonyl (C=O) groups is 1. The number of morpholine rings is 1. The lowest BCUT2D eigenvalue weighted by atomic mass is 10.1. The lowest BCUT2D eigenvalue weighted by Gasteiger charge is -2.27. The van der Waals surface area contributed by atoms with E-state index in [9.17, 15) is 4.79 Å². The van der Waals surface area contributed by atoms with Crippen molar-refractivity contribution in [1.82, 2.24) is 15.5 Å². The molecule has 1 fully saturated rings. The summed E-state index contributed by atoms with van der Waals surface area (Å²) in [6, 6.07) is 3.54. The van der Waals surface area contributed by atoms with Gasteiger partial charge in [-0.2, -0.15) is 0 Å². The molecule has 0 unspecified atom stereocenters. The molecule has 0 bridgehead atoms. The van der Waals surface area contributed by atoms with E-state index in [2.05, 4.69) is 20.4 Å². The summed E-state index contributed by atoms with van der Waals surface area (Å²) in [5.41, 5.74) is 0.0636. The number of carbonyl (C=O) groups excluding carboxylic acids is 1. The fourth-order valence-electron chi connectivity index (χ4n) is 1.81. The SMILES string of the molecule is CC(C)(C)NC(=O)c1ccc(N2CCOCC2)nn1. The molecule has 2 heterocycles. The minimum absolute atomic E-state index is 0.200. The summed E-state index contributed by atoms with van der Waals surface area (Å²) >= 11 is 0. The Hall–Kier alpha value is -1.69. The van der Waals surface area contributed by atoms with Gasteiger partial charge in [-0.05, 0) is 32.9 Å². The van der Waals surface area contributed by atoms with E-state index in [-0.39, 0.29) is 11.4 Å². The molecule has 1 aromatic heterocycles. The van der Waals surface area contributed by atoms with Gasteiger partial charge in [-0.3, -0.25) is 4.79 Å². The molecule has 1 aromatic rings. The normalized spacial score (nSPS) is 16.3. The Morgan fingerprint density at radius 2 is 1.95 bits per heavy atom. The largest absolute Gasteiger partial charge is 0.378 e. The molecule has 0 atom stereocenters. The number of rotatable bonds is 2. The highest BCUT2D eigenvalue weighted by Gasteiger charge is 2.18. The summed E-state index contributed by atoms with van der Waals surface area (Å²) in [4.78, 5) is 14.0. The minimum atomic E-state index is -0.276. The highest BCUT2D eigenvalue weighted by atomic mass is 16.5. The molecule has 19 heavy (non-hydrogen) atoms. The Kier molecular flexibility index (Phi) is 3.99. The van der Waals surface area contributed by atoms with Crippen LogP contribution < -0.4 is 10.2 Å². The van der Waals surface area contributed by atoms with E-state index >= 15 is 0 Å². The number of hydrogen-bond donors (Lipinski definition) is 1. The molecule has 0 saturated carbocycles. The molecule has 0 aromatic carbocycles. The van der Waals surface area contributed by atoms with Crippen LogP contribution in [0.15, 0.2) is 12.1 Å². The molecule has 104 valence electrons. The topological polar surface area (TPSA) is 67.4 Å². The maximum atomic E-state index is 11.9. The number of ether oxygens (including phenoxy) is 1. The van der Waals surface area contributed by atoms with E-state index in [1.807, 2.05) is 26.8 Å². The maximum absolute atomic E-state index is 11.9. The van der Waals surface area contributed by atoms with E-state index in [1.54, 1.807) is 6.07 Å². The molecular weight excluding hydrogens is 244 g/mol. The summed E-state index contributed by atoms with van der Waals surface area (Å²) in [7, 11) is 0. The van der Waals surface area contributed by atoms with Gasteiger partial charge in [-0.1, -0.05) is 0 Å². The predicted octanol–water partition coefficient (Wildman–Crippen LogP) is 0.841. The Morgan fingerprint density at radius 1 is 1.26 bits per heavy atom. The second-order valence-corrected chi connectivity index (χ2v) is 5.58. The van der Waals surface area contributed by atoms with Gasteiger partial charge in [0.15, 0.2) is 11.5 Å². The molecule has 6 nitrogen and oxygen atoms in total. The van der Waals surface area contributed by atoms with Gasteiger partial charge >= 0.3 is 0 Å². The maximum Gasteiger partial charge on any atom is 0.272 e. The highest BCUT2D eigenvalue weighted by molar-refractivity contribution is 5.92. The predicted molar refractivity (Wildman–Crippen MR) is 72.3 cm³/mol. The second kappa shape index (κ2) is 5.52. The molecule has 0 aliphatic carbocycles. The Labute approximate surface area is 113 Å². The van der Waals surface area contributed by atoms with E-state index < -0.39 is 0 Å². The van der Waals surface area contributed by atoms with Crippen LogP contribution in [0.2, 0.25) is 0 Å². The van der Waals surface area contributed by atoms with Crippen molar-refractivity contribution in [3.8, 4) is 0 Å². The molecule has 1 saturated heterocycles. The van der Waals surface area contributed by atoms with Gasteiger partial charge in [0.25, 0.3) is 5.91 Å². The van der Waals surface area contributed by atoms with Crippen LogP contribution in [0.25, 0.3) is 0 Å². The van der Waals surface area contributed by atoms with Crippen LogP contribution in [-0.2, 0) is 4.74 Å². The summed E-state index contributed by atoms with van der Waals surface area (Å²) < 4.78 is 5.28. The van der Waals surface area contributed by atoms with E-state index in [0.29, 0.717) is 18.9 Å². The molecule has 2 rings (SSSR count). The Bertz CT molecular complexity index is 433. The summed E-state index contributed by atoms with van der Waals surface area (Å²) in [5.74, 6) is 0.587. The second-order valence-electron chi connectivity index (χ2n) is 5.58. The average Bonchev–Trinajstić information content (AvgIpc) is 2.38. The molecular formula is C13H20N4O2. The Morgan fingerprint density at radius 3 is 2.47 bits per heavy atom. The van der Waals surface area contributed by atoms with Gasteiger partial charge < -0.3 is 15.0 Å². The zero-order valence-electron chi connectivity index (χ0n) is 11.6. The number of anilines is 1. The number of nitrogens with one attached hydrogen (secondary N) is 1. The van der Waals surface area contributed by atoms with Gasteiger partial charge in [0.1, 0.15) is 0 Å². The molecule has 1 N–H and O–H groups in total. The number of hydrogen-bond acceptors (Lipinski definition) is 5. The monoisotopic (exact) mass is 264 g/mol. The van der Waals surface area contributed by atoms with E-state index in [1.165, 1.54) is 0 Å². The fourth-order valence-corrected chi connectivity index (χ4v) is 1.81. The smallest absolute Gasteiger partial charge is 0.272 e. The molecule has 6 heteroatoms. The van der Waals surface area contributed by atoms with Crippen molar-refractivity contribution < 1.29 is 9.53 Å². The van der Waals surface area contributed by atoms with Gasteiger partial charge in [0.2, 0.25) is 0 Å². The van der Waals surface area contributed by atoms with Gasteiger partial charge in [-0.15, -0.1) is 10.2 Å². The fraction of sp³-hybridized carbons (Fsp3) is 0.615. The van der Waals surface area contributed by atoms with Crippen molar-refractivity contribution in [3.63, 3.8) is 0 Å². The number of aromatic nitrogens is 2. The summed E-state index contributed by atoms with van der Waals surface area (Å²) in [5, 5.41) is 11.0. The van der Waals surface area contributed by atoms with E-state index in [0.717, 1.165) is 18.9 Å². The standard InChI is InChI=1S/C13H20N4O2/c1-13(2,3)14-12(18)10-4-5-11(16-15-10)17-6-8-19-9-7-17/h4-5H,6-9H2,1-3H3,(H,14,18). The third kappa shape index (κ3) is 3.89. The van der Waals surface area contributed by atoms with Crippen LogP contribution in [0.1, 0.15) is 31.3 Å². The Balaban J connectivity index is 2.03. The van der Waals surface area contributed by atoms with Crippen LogP contribution in [0.4, 0.5) is 5.82 Å². The molecule has 1 amide bonds. The first kappa shape index (κ1) is 13.7. The van der Waals surface area contributed by atoms with Crippen LogP contribution in [0.3, 0.4) is 0 Å². The van der Waals surface area contributed by atoms with Crippen molar-refractivity contribution in [3.05, 3.63) is 17.8 Å². The zero-order valence-corrected chi connectivity index (χ0v) is 11.6. The minimum Gasteiger partial charge on any atom is -0.378 e. The highest BCUT2D eigenvalue weighted by Crippen LogP contribution is 2.11. The van der Waals surface area contributed by atoms with E-state index in [4.69, 9.17) is 4.74 Å². The van der Waals surface area contributed by atoms with Crippen molar-refractivity contribution in [1.29, 1.82) is 0 Å². The summed E-state index contributed by atoms with van der Waals surface area (Å²) in [6.45, 7) is 8.81. The first-order valence-corrected chi connectivity index (χ1v) is 6.45. The first-order chi connectivity index (χ1) is 8.96.